The molecule has 128 valence electrons. The zero-order valence-electron chi connectivity index (χ0n) is 14.4. The fourth-order valence-corrected chi connectivity index (χ4v) is 3.44. The number of hydrogen-bond donors (Lipinski definition) is 2. The van der Waals surface area contributed by atoms with Gasteiger partial charge in [0.05, 0.1) is 6.54 Å². The van der Waals surface area contributed by atoms with Gasteiger partial charge in [0.15, 0.2) is 5.96 Å². The highest BCUT2D eigenvalue weighted by Crippen LogP contribution is 2.16. The second-order valence-corrected chi connectivity index (χ2v) is 6.58. The van der Waals surface area contributed by atoms with Crippen LogP contribution in [0.25, 0.3) is 0 Å². The van der Waals surface area contributed by atoms with E-state index in [9.17, 15) is 0 Å². The van der Waals surface area contributed by atoms with E-state index in [1.165, 1.54) is 38.9 Å². The fourth-order valence-electron chi connectivity index (χ4n) is 3.44. The van der Waals surface area contributed by atoms with Gasteiger partial charge in [0.1, 0.15) is 0 Å². The van der Waals surface area contributed by atoms with Crippen LogP contribution in [0.4, 0.5) is 0 Å². The number of likely N-dealkylation sites (tertiary alicyclic amines) is 1. The van der Waals surface area contributed by atoms with Crippen LogP contribution < -0.4 is 11.1 Å². The van der Waals surface area contributed by atoms with Gasteiger partial charge >= 0.3 is 0 Å². The van der Waals surface area contributed by atoms with Crippen LogP contribution in [0.5, 0.6) is 0 Å². The SMILES string of the molecule is CCN1CCCC1CN=C(N)NCCN1CCCN(C)CC1. The number of guanidine groups is 1. The lowest BCUT2D eigenvalue weighted by atomic mass is 10.2. The number of rotatable bonds is 6. The fraction of sp³-hybridized carbons (Fsp3) is 0.938. The summed E-state index contributed by atoms with van der Waals surface area (Å²) in [6.07, 6.45) is 3.81. The van der Waals surface area contributed by atoms with Crippen LogP contribution in [0.2, 0.25) is 0 Å². The molecule has 0 aromatic carbocycles. The van der Waals surface area contributed by atoms with Crippen molar-refractivity contribution in [2.45, 2.75) is 32.2 Å². The van der Waals surface area contributed by atoms with Crippen molar-refractivity contribution in [3.63, 3.8) is 0 Å². The average molecular weight is 310 g/mol. The van der Waals surface area contributed by atoms with E-state index in [0.29, 0.717) is 12.0 Å². The highest BCUT2D eigenvalue weighted by molar-refractivity contribution is 5.77. The molecule has 6 nitrogen and oxygen atoms in total. The van der Waals surface area contributed by atoms with Gasteiger partial charge in [-0.1, -0.05) is 6.92 Å². The molecule has 0 amide bonds. The first-order chi connectivity index (χ1) is 10.7. The number of nitrogens with one attached hydrogen (secondary N) is 1. The van der Waals surface area contributed by atoms with Crippen molar-refractivity contribution in [1.82, 2.24) is 20.0 Å². The minimum atomic E-state index is 0.589. The van der Waals surface area contributed by atoms with Crippen molar-refractivity contribution in [2.75, 3.05) is 66.0 Å². The van der Waals surface area contributed by atoms with Crippen molar-refractivity contribution in [3.05, 3.63) is 0 Å². The van der Waals surface area contributed by atoms with Crippen LogP contribution in [-0.2, 0) is 0 Å². The normalized spacial score (nSPS) is 26.3. The van der Waals surface area contributed by atoms with Gasteiger partial charge in [-0.15, -0.1) is 0 Å². The van der Waals surface area contributed by atoms with E-state index >= 15 is 0 Å². The molecule has 2 aliphatic rings. The molecule has 1 unspecified atom stereocenters. The molecular formula is C16H34N6. The van der Waals surface area contributed by atoms with E-state index < -0.39 is 0 Å². The molecule has 0 spiro atoms. The third-order valence-electron chi connectivity index (χ3n) is 4.92. The molecule has 2 aliphatic heterocycles. The Balaban J connectivity index is 1.62. The molecule has 3 N–H and O–H groups in total. The number of nitrogens with two attached hydrogens (primary N) is 1. The van der Waals surface area contributed by atoms with Gasteiger partial charge in [0.25, 0.3) is 0 Å². The summed E-state index contributed by atoms with van der Waals surface area (Å²) in [5.74, 6) is 0.606. The van der Waals surface area contributed by atoms with Crippen molar-refractivity contribution in [2.24, 2.45) is 10.7 Å². The molecule has 0 aromatic heterocycles. The van der Waals surface area contributed by atoms with Crippen LogP contribution in [0.15, 0.2) is 4.99 Å². The van der Waals surface area contributed by atoms with E-state index in [-0.39, 0.29) is 0 Å². The maximum atomic E-state index is 6.00. The van der Waals surface area contributed by atoms with E-state index in [4.69, 9.17) is 5.73 Å². The van der Waals surface area contributed by atoms with Crippen molar-refractivity contribution < 1.29 is 0 Å². The number of likely N-dealkylation sites (N-methyl/N-ethyl adjacent to an activating group) is 2. The average Bonchev–Trinajstić information content (AvgIpc) is 2.87. The van der Waals surface area contributed by atoms with Crippen molar-refractivity contribution >= 4 is 5.96 Å². The summed E-state index contributed by atoms with van der Waals surface area (Å²) in [7, 11) is 2.20. The Morgan fingerprint density at radius 1 is 1.18 bits per heavy atom. The molecular weight excluding hydrogens is 276 g/mol. The smallest absolute Gasteiger partial charge is 0.188 e. The molecule has 2 fully saturated rings. The number of hydrogen-bond acceptors (Lipinski definition) is 4. The summed E-state index contributed by atoms with van der Waals surface area (Å²) in [5, 5.41) is 3.27. The standard InChI is InChI=1S/C16H34N6/c1-3-22-10-4-6-15(22)14-19-16(17)18-7-11-21-9-5-8-20(2)12-13-21/h15H,3-14H2,1-2H3,(H3,17,18,19). The molecule has 6 heteroatoms. The van der Waals surface area contributed by atoms with Gasteiger partial charge in [-0.25, -0.2) is 0 Å². The van der Waals surface area contributed by atoms with Crippen molar-refractivity contribution in [1.29, 1.82) is 0 Å². The van der Waals surface area contributed by atoms with E-state index in [0.717, 1.165) is 39.3 Å². The van der Waals surface area contributed by atoms with Crippen LogP contribution >= 0.6 is 0 Å². The first-order valence-corrected chi connectivity index (χ1v) is 8.87. The minimum Gasteiger partial charge on any atom is -0.370 e. The Bertz CT molecular complexity index is 346. The first-order valence-electron chi connectivity index (χ1n) is 8.87. The van der Waals surface area contributed by atoms with Gasteiger partial charge in [0.2, 0.25) is 0 Å². The largest absolute Gasteiger partial charge is 0.370 e. The molecule has 2 saturated heterocycles. The molecule has 0 radical (unpaired) electrons. The Labute approximate surface area is 135 Å². The third-order valence-corrected chi connectivity index (χ3v) is 4.92. The van der Waals surface area contributed by atoms with Crippen LogP contribution in [0, 0.1) is 0 Å². The Morgan fingerprint density at radius 2 is 2.05 bits per heavy atom. The molecule has 0 bridgehead atoms. The zero-order valence-corrected chi connectivity index (χ0v) is 14.4. The number of nitrogens with zero attached hydrogens (tertiary/aromatic N) is 4. The summed E-state index contributed by atoms with van der Waals surface area (Å²) in [4.78, 5) is 12.0. The summed E-state index contributed by atoms with van der Waals surface area (Å²) in [5.41, 5.74) is 6.00. The maximum absolute atomic E-state index is 6.00. The van der Waals surface area contributed by atoms with Gasteiger partial charge in [-0.2, -0.15) is 0 Å². The molecule has 0 saturated carbocycles. The highest BCUT2D eigenvalue weighted by Gasteiger charge is 2.22. The molecule has 1 atom stereocenters. The second kappa shape index (κ2) is 9.33. The van der Waals surface area contributed by atoms with Gasteiger partial charge in [-0.05, 0) is 52.5 Å². The first kappa shape index (κ1) is 17.5. The summed E-state index contributed by atoms with van der Waals surface area (Å²) in [6.45, 7) is 12.1. The minimum absolute atomic E-state index is 0.589. The van der Waals surface area contributed by atoms with E-state index in [1.807, 2.05) is 0 Å². The van der Waals surface area contributed by atoms with Gasteiger partial charge in [-0.3, -0.25) is 9.89 Å². The molecule has 2 rings (SSSR count). The maximum Gasteiger partial charge on any atom is 0.188 e. The lowest BCUT2D eigenvalue weighted by Gasteiger charge is -2.21. The van der Waals surface area contributed by atoms with E-state index in [1.54, 1.807) is 0 Å². The second-order valence-electron chi connectivity index (χ2n) is 6.58. The predicted octanol–water partition coefficient (Wildman–Crippen LogP) is 0.0125. The molecule has 2 heterocycles. The Morgan fingerprint density at radius 3 is 2.86 bits per heavy atom. The van der Waals surface area contributed by atoms with Gasteiger partial charge in [0, 0.05) is 32.2 Å². The Hall–Kier alpha value is -0.850. The third kappa shape index (κ3) is 5.74. The predicted molar refractivity (Wildman–Crippen MR) is 93.3 cm³/mol. The summed E-state index contributed by atoms with van der Waals surface area (Å²) >= 11 is 0. The Kier molecular flexibility index (Phi) is 7.42. The topological polar surface area (TPSA) is 60.1 Å². The lowest BCUT2D eigenvalue weighted by Crippen LogP contribution is -2.40. The van der Waals surface area contributed by atoms with Crippen LogP contribution in [0.3, 0.4) is 0 Å². The van der Waals surface area contributed by atoms with Crippen molar-refractivity contribution in [3.8, 4) is 0 Å². The monoisotopic (exact) mass is 310 g/mol. The van der Waals surface area contributed by atoms with Gasteiger partial charge < -0.3 is 20.9 Å². The van der Waals surface area contributed by atoms with E-state index in [2.05, 4.69) is 39.0 Å². The molecule has 22 heavy (non-hydrogen) atoms. The molecule has 0 aliphatic carbocycles. The molecule has 0 aromatic rings. The number of aliphatic imine (C=N–C) groups is 1. The van der Waals surface area contributed by atoms with Crippen LogP contribution in [0.1, 0.15) is 26.2 Å². The highest BCUT2D eigenvalue weighted by atomic mass is 15.2. The lowest BCUT2D eigenvalue weighted by molar-refractivity contribution is 0.272. The summed E-state index contributed by atoms with van der Waals surface area (Å²) in [6, 6.07) is 0.589. The zero-order chi connectivity index (χ0) is 15.8. The summed E-state index contributed by atoms with van der Waals surface area (Å²) < 4.78 is 0. The quantitative estimate of drug-likeness (QED) is 0.535. The van der Waals surface area contributed by atoms with Crippen LogP contribution in [-0.4, -0.2) is 92.7 Å².